The highest BCUT2D eigenvalue weighted by Gasteiger charge is 2.39. The number of carbonyl (C=O) groups excluding carboxylic acids is 1. The van der Waals surface area contributed by atoms with Gasteiger partial charge in [0.05, 0.1) is 5.56 Å². The van der Waals surface area contributed by atoms with E-state index in [0.29, 0.717) is 17.2 Å². The molecule has 4 heteroatoms. The molecule has 0 N–H and O–H groups in total. The molecule has 1 atom stereocenters. The van der Waals surface area contributed by atoms with Gasteiger partial charge in [0.25, 0.3) is 0 Å². The fraction of sp³-hybridized carbons (Fsp3) is 0.625. The van der Waals surface area contributed by atoms with Crippen molar-refractivity contribution in [2.75, 3.05) is 0 Å². The summed E-state index contributed by atoms with van der Waals surface area (Å²) in [6, 6.07) is 9.20. The molecule has 3 nitrogen and oxygen atoms in total. The molecule has 0 radical (unpaired) electrons. The number of carbonyl (C=O) groups is 1. The molecule has 0 aromatic heterocycles. The summed E-state index contributed by atoms with van der Waals surface area (Å²) in [4.78, 5) is 12.5. The van der Waals surface area contributed by atoms with Gasteiger partial charge in [0, 0.05) is 0 Å². The highest BCUT2D eigenvalue weighted by Crippen LogP contribution is 2.42. The Hall–Kier alpha value is -1.71. The van der Waals surface area contributed by atoms with E-state index in [1.54, 1.807) is 12.1 Å². The Bertz CT molecular complexity index is 613. The summed E-state index contributed by atoms with van der Waals surface area (Å²) >= 11 is 0. The number of hydrogen-bond acceptors (Lipinski definition) is 3. The molecule has 2 fully saturated rings. The summed E-state index contributed by atoms with van der Waals surface area (Å²) in [6.07, 6.45) is 14.7. The summed E-state index contributed by atoms with van der Waals surface area (Å²) in [6.45, 7) is 4.18. The van der Waals surface area contributed by atoms with Crippen molar-refractivity contribution in [2.45, 2.75) is 95.8 Å². The van der Waals surface area contributed by atoms with Gasteiger partial charge in [-0.05, 0) is 43.7 Å². The zero-order valence-electron chi connectivity index (χ0n) is 17.6. The first-order valence-corrected chi connectivity index (χ1v) is 11.3. The van der Waals surface area contributed by atoms with Crippen LogP contribution in [0, 0.1) is 0 Å². The fourth-order valence-corrected chi connectivity index (χ4v) is 4.92. The first kappa shape index (κ1) is 21.0. The Morgan fingerprint density at radius 1 is 0.964 bits per heavy atom. The average molecular weight is 382 g/mol. The fourth-order valence-electron chi connectivity index (χ4n) is 4.92. The van der Waals surface area contributed by atoms with Crippen molar-refractivity contribution in [3.8, 4) is 0 Å². The van der Waals surface area contributed by atoms with Crippen LogP contribution in [0.1, 0.15) is 88.4 Å². The molecule has 0 amide bonds. The van der Waals surface area contributed by atoms with Crippen molar-refractivity contribution in [1.82, 2.24) is 0 Å². The van der Waals surface area contributed by atoms with Crippen molar-refractivity contribution in [3.05, 3.63) is 47.7 Å². The maximum atomic E-state index is 12.5. The molecule has 28 heavy (non-hydrogen) atoms. The Balaban J connectivity index is 1.67. The van der Waals surface area contributed by atoms with Gasteiger partial charge in [0.15, 0.2) is 6.10 Å². The first-order valence-electron chi connectivity index (χ1n) is 11.3. The zero-order chi connectivity index (χ0) is 19.8. The van der Waals surface area contributed by atoms with E-state index in [1.807, 2.05) is 38.1 Å². The van der Waals surface area contributed by atoms with E-state index in [2.05, 4.69) is 0 Å². The SMILES string of the molecule is C/C=C(/OB(C1CCCCC1)C1CCCCC1)[C@@H](C)OC(=O)c1ccccc1. The number of rotatable bonds is 7. The second-order valence-electron chi connectivity index (χ2n) is 8.48. The molecule has 3 rings (SSSR count). The first-order chi connectivity index (χ1) is 13.7. The van der Waals surface area contributed by atoms with Gasteiger partial charge in [-0.25, -0.2) is 4.79 Å². The van der Waals surface area contributed by atoms with E-state index in [0.717, 1.165) is 5.76 Å². The predicted molar refractivity (Wildman–Crippen MR) is 116 cm³/mol. The Labute approximate surface area is 171 Å². The highest BCUT2D eigenvalue weighted by atomic mass is 16.6. The number of hydrogen-bond donors (Lipinski definition) is 0. The van der Waals surface area contributed by atoms with Crippen molar-refractivity contribution in [2.24, 2.45) is 0 Å². The van der Waals surface area contributed by atoms with Gasteiger partial charge in [-0.2, -0.15) is 0 Å². The van der Waals surface area contributed by atoms with Gasteiger partial charge < -0.3 is 9.39 Å². The van der Waals surface area contributed by atoms with E-state index >= 15 is 0 Å². The van der Waals surface area contributed by atoms with Crippen molar-refractivity contribution < 1.29 is 14.2 Å². The van der Waals surface area contributed by atoms with Crippen LogP contribution in [-0.2, 0) is 9.39 Å². The number of esters is 1. The standard InChI is InChI=1S/C24H35BO3/c1-3-23(19(2)27-24(26)20-13-7-4-8-14-20)28-25(21-15-9-5-10-16-21)22-17-11-6-12-18-22/h3-4,7-8,13-14,19,21-22H,5-6,9-12,15-18H2,1-2H3/b23-3+/t19-/m1/s1. The van der Waals surface area contributed by atoms with Crippen molar-refractivity contribution in [3.63, 3.8) is 0 Å². The quantitative estimate of drug-likeness (QED) is 0.295. The van der Waals surface area contributed by atoms with Crippen LogP contribution >= 0.6 is 0 Å². The minimum Gasteiger partial charge on any atom is -0.561 e. The van der Waals surface area contributed by atoms with Gasteiger partial charge in [-0.15, -0.1) is 0 Å². The van der Waals surface area contributed by atoms with Gasteiger partial charge in [-0.3, -0.25) is 0 Å². The Morgan fingerprint density at radius 3 is 2.00 bits per heavy atom. The van der Waals surface area contributed by atoms with Crippen LogP contribution in [0.25, 0.3) is 0 Å². The molecule has 2 aliphatic rings. The third kappa shape index (κ3) is 5.65. The number of benzene rings is 1. The summed E-state index contributed by atoms with van der Waals surface area (Å²) in [5.74, 6) is 1.81. The minimum atomic E-state index is -0.368. The second-order valence-corrected chi connectivity index (χ2v) is 8.48. The van der Waals surface area contributed by atoms with Crippen LogP contribution in [-0.4, -0.2) is 19.0 Å². The summed E-state index contributed by atoms with van der Waals surface area (Å²) in [5.41, 5.74) is 0.584. The maximum absolute atomic E-state index is 12.5. The minimum absolute atomic E-state index is 0.268. The topological polar surface area (TPSA) is 35.5 Å². The van der Waals surface area contributed by atoms with Crippen LogP contribution in [0.4, 0.5) is 0 Å². The lowest BCUT2D eigenvalue weighted by atomic mass is 9.41. The number of ether oxygens (including phenoxy) is 1. The summed E-state index contributed by atoms with van der Waals surface area (Å²) in [7, 11) is 0. The lowest BCUT2D eigenvalue weighted by Crippen LogP contribution is -2.35. The third-order valence-corrected chi connectivity index (χ3v) is 6.48. The molecule has 0 bridgehead atoms. The molecule has 1 aromatic rings. The molecule has 0 spiro atoms. The van der Waals surface area contributed by atoms with E-state index in [4.69, 9.17) is 9.39 Å². The van der Waals surface area contributed by atoms with Crippen LogP contribution < -0.4 is 0 Å². The number of allylic oxidation sites excluding steroid dienone is 1. The normalized spacial score (nSPS) is 20.4. The largest absolute Gasteiger partial charge is 0.561 e. The predicted octanol–water partition coefficient (Wildman–Crippen LogP) is 6.81. The Kier molecular flexibility index (Phi) is 8.06. The van der Waals surface area contributed by atoms with E-state index < -0.39 is 0 Å². The summed E-state index contributed by atoms with van der Waals surface area (Å²) in [5, 5.41) is 0. The third-order valence-electron chi connectivity index (χ3n) is 6.48. The molecule has 2 aliphatic carbocycles. The molecule has 2 saturated carbocycles. The van der Waals surface area contributed by atoms with Crippen LogP contribution in [0.2, 0.25) is 11.6 Å². The lowest BCUT2D eigenvalue weighted by Gasteiger charge is -2.36. The van der Waals surface area contributed by atoms with Gasteiger partial charge in [-0.1, -0.05) is 82.4 Å². The van der Waals surface area contributed by atoms with Crippen LogP contribution in [0.15, 0.2) is 42.2 Å². The van der Waals surface area contributed by atoms with Crippen LogP contribution in [0.3, 0.4) is 0 Å². The van der Waals surface area contributed by atoms with Gasteiger partial charge >= 0.3 is 12.9 Å². The van der Waals surface area contributed by atoms with Crippen LogP contribution in [0.5, 0.6) is 0 Å². The van der Waals surface area contributed by atoms with Crippen molar-refractivity contribution >= 4 is 12.9 Å². The molecule has 1 aromatic carbocycles. The maximum Gasteiger partial charge on any atom is 0.363 e. The molecule has 0 unspecified atom stereocenters. The average Bonchev–Trinajstić information content (AvgIpc) is 2.76. The molecule has 0 heterocycles. The Morgan fingerprint density at radius 2 is 1.50 bits per heavy atom. The smallest absolute Gasteiger partial charge is 0.363 e. The highest BCUT2D eigenvalue weighted by molar-refractivity contribution is 6.55. The second kappa shape index (κ2) is 10.7. The molecule has 0 aliphatic heterocycles. The van der Waals surface area contributed by atoms with Crippen molar-refractivity contribution in [1.29, 1.82) is 0 Å². The van der Waals surface area contributed by atoms with E-state index in [-0.39, 0.29) is 19.0 Å². The van der Waals surface area contributed by atoms with Gasteiger partial charge in [0.2, 0.25) is 0 Å². The van der Waals surface area contributed by atoms with Gasteiger partial charge in [0.1, 0.15) is 5.76 Å². The molecule has 0 saturated heterocycles. The van der Waals surface area contributed by atoms with E-state index in [9.17, 15) is 4.79 Å². The zero-order valence-corrected chi connectivity index (χ0v) is 17.6. The molecule has 152 valence electrons. The molecular formula is C24H35BO3. The molecular weight excluding hydrogens is 347 g/mol. The monoisotopic (exact) mass is 382 g/mol. The lowest BCUT2D eigenvalue weighted by molar-refractivity contribution is 0.0338. The summed E-state index contributed by atoms with van der Waals surface area (Å²) < 4.78 is 12.4. The van der Waals surface area contributed by atoms with E-state index in [1.165, 1.54) is 64.2 Å².